The number of carbonyl (C=O) groups is 2. The number of benzene rings is 1. The normalized spacial score (nSPS) is 16.1. The fraction of sp³-hybridized carbons (Fsp3) is 0.500. The third-order valence-corrected chi connectivity index (χ3v) is 5.96. The van der Waals surface area contributed by atoms with Crippen LogP contribution in [0, 0.1) is 5.92 Å². The summed E-state index contributed by atoms with van der Waals surface area (Å²) in [4.78, 5) is 23.7. The number of halogens is 1. The number of nitrogens with zero attached hydrogens (tertiary/aromatic N) is 1. The Morgan fingerprint density at radius 2 is 2.00 bits per heavy atom. The fourth-order valence-corrected chi connectivity index (χ4v) is 4.28. The maximum absolute atomic E-state index is 12.0. The second-order valence-electron chi connectivity index (χ2n) is 6.30. The SMILES string of the molecule is CC(C)CCNC(=O)C(=O)Nc1ccc(Cl)c(N2CCCS2(=O)=O)c1. The van der Waals surface area contributed by atoms with Crippen LogP contribution >= 0.6 is 11.6 Å². The number of amides is 2. The van der Waals surface area contributed by atoms with Crippen LogP contribution in [-0.4, -0.2) is 39.1 Å². The van der Waals surface area contributed by atoms with Gasteiger partial charge in [-0.2, -0.15) is 0 Å². The lowest BCUT2D eigenvalue weighted by Gasteiger charge is -2.19. The molecule has 1 aromatic carbocycles. The molecule has 1 aliphatic rings. The molecular weight excluding hydrogens is 366 g/mol. The zero-order chi connectivity index (χ0) is 18.6. The van der Waals surface area contributed by atoms with Gasteiger partial charge in [0.1, 0.15) is 0 Å². The Balaban J connectivity index is 2.07. The van der Waals surface area contributed by atoms with Gasteiger partial charge >= 0.3 is 11.8 Å². The highest BCUT2D eigenvalue weighted by atomic mass is 35.5. The van der Waals surface area contributed by atoms with E-state index in [1.54, 1.807) is 0 Å². The number of hydrogen-bond acceptors (Lipinski definition) is 4. The van der Waals surface area contributed by atoms with Crippen molar-refractivity contribution in [3.05, 3.63) is 23.2 Å². The van der Waals surface area contributed by atoms with E-state index in [-0.39, 0.29) is 10.8 Å². The summed E-state index contributed by atoms with van der Waals surface area (Å²) in [6, 6.07) is 4.48. The minimum atomic E-state index is -3.39. The van der Waals surface area contributed by atoms with Gasteiger partial charge in [0.15, 0.2) is 0 Å². The second-order valence-corrected chi connectivity index (χ2v) is 8.72. The van der Waals surface area contributed by atoms with E-state index in [2.05, 4.69) is 10.6 Å². The van der Waals surface area contributed by atoms with Gasteiger partial charge in [0.05, 0.1) is 16.5 Å². The second kappa shape index (κ2) is 8.05. The van der Waals surface area contributed by atoms with Crippen LogP contribution in [0.15, 0.2) is 18.2 Å². The van der Waals surface area contributed by atoms with Crippen LogP contribution in [0.2, 0.25) is 5.02 Å². The maximum atomic E-state index is 12.0. The Labute approximate surface area is 152 Å². The lowest BCUT2D eigenvalue weighted by Crippen LogP contribution is -2.36. The molecule has 0 radical (unpaired) electrons. The molecule has 2 rings (SSSR count). The molecule has 25 heavy (non-hydrogen) atoms. The summed E-state index contributed by atoms with van der Waals surface area (Å²) in [6.45, 7) is 4.80. The summed E-state index contributed by atoms with van der Waals surface area (Å²) in [7, 11) is -3.39. The molecule has 0 bridgehead atoms. The third kappa shape index (κ3) is 5.09. The molecule has 138 valence electrons. The van der Waals surface area contributed by atoms with Crippen molar-refractivity contribution in [2.75, 3.05) is 28.5 Å². The van der Waals surface area contributed by atoms with Crippen molar-refractivity contribution in [1.29, 1.82) is 0 Å². The van der Waals surface area contributed by atoms with E-state index in [0.717, 1.165) is 6.42 Å². The molecule has 1 fully saturated rings. The lowest BCUT2D eigenvalue weighted by molar-refractivity contribution is -0.136. The van der Waals surface area contributed by atoms with Gasteiger partial charge in [-0.15, -0.1) is 0 Å². The Morgan fingerprint density at radius 3 is 2.60 bits per heavy atom. The Bertz CT molecular complexity index is 765. The van der Waals surface area contributed by atoms with Gasteiger partial charge in [0.2, 0.25) is 10.0 Å². The zero-order valence-corrected chi connectivity index (χ0v) is 15.8. The van der Waals surface area contributed by atoms with E-state index in [9.17, 15) is 18.0 Å². The number of anilines is 2. The predicted octanol–water partition coefficient (Wildman–Crippen LogP) is 1.98. The molecule has 0 aromatic heterocycles. The average molecular weight is 388 g/mol. The summed E-state index contributed by atoms with van der Waals surface area (Å²) >= 11 is 6.10. The van der Waals surface area contributed by atoms with E-state index in [0.29, 0.717) is 36.8 Å². The van der Waals surface area contributed by atoms with Gasteiger partial charge in [0.25, 0.3) is 0 Å². The lowest BCUT2D eigenvalue weighted by atomic mass is 10.1. The summed E-state index contributed by atoms with van der Waals surface area (Å²) < 4.78 is 25.3. The Morgan fingerprint density at radius 1 is 1.28 bits per heavy atom. The molecule has 7 nitrogen and oxygen atoms in total. The van der Waals surface area contributed by atoms with Crippen molar-refractivity contribution in [2.24, 2.45) is 5.92 Å². The molecule has 1 aromatic rings. The Kier molecular flexibility index (Phi) is 6.29. The van der Waals surface area contributed by atoms with Crippen molar-refractivity contribution in [2.45, 2.75) is 26.7 Å². The number of carbonyl (C=O) groups excluding carboxylic acids is 2. The van der Waals surface area contributed by atoms with E-state index in [1.807, 2.05) is 13.8 Å². The van der Waals surface area contributed by atoms with E-state index < -0.39 is 21.8 Å². The highest BCUT2D eigenvalue weighted by molar-refractivity contribution is 7.93. The summed E-state index contributed by atoms with van der Waals surface area (Å²) in [5.74, 6) is -1.05. The van der Waals surface area contributed by atoms with Gasteiger partial charge in [-0.25, -0.2) is 8.42 Å². The van der Waals surface area contributed by atoms with E-state index in [1.165, 1.54) is 22.5 Å². The van der Waals surface area contributed by atoms with Crippen LogP contribution in [-0.2, 0) is 19.6 Å². The van der Waals surface area contributed by atoms with E-state index in [4.69, 9.17) is 11.6 Å². The minimum Gasteiger partial charge on any atom is -0.348 e. The zero-order valence-electron chi connectivity index (χ0n) is 14.2. The molecule has 9 heteroatoms. The minimum absolute atomic E-state index is 0.0676. The van der Waals surface area contributed by atoms with Crippen LogP contribution in [0.3, 0.4) is 0 Å². The van der Waals surface area contributed by atoms with Gasteiger partial charge < -0.3 is 10.6 Å². The standard InChI is InChI=1S/C16H22ClN3O4S/c1-11(2)6-7-18-15(21)16(22)19-12-4-5-13(17)14(10-12)20-8-3-9-25(20,23)24/h4-5,10-11H,3,6-9H2,1-2H3,(H,18,21)(H,19,22). The fourth-order valence-electron chi connectivity index (χ4n) is 2.43. The van der Waals surface area contributed by atoms with E-state index >= 15 is 0 Å². The first kappa shape index (κ1) is 19.5. The molecule has 0 aliphatic carbocycles. The molecule has 1 heterocycles. The van der Waals surface area contributed by atoms with Crippen molar-refractivity contribution in [1.82, 2.24) is 5.32 Å². The first-order valence-electron chi connectivity index (χ1n) is 8.10. The molecule has 0 saturated carbocycles. The average Bonchev–Trinajstić information content (AvgIpc) is 2.87. The van der Waals surface area contributed by atoms with Crippen LogP contribution < -0.4 is 14.9 Å². The van der Waals surface area contributed by atoms with Gasteiger partial charge in [-0.1, -0.05) is 25.4 Å². The third-order valence-electron chi connectivity index (χ3n) is 3.79. The molecule has 0 atom stereocenters. The monoisotopic (exact) mass is 387 g/mol. The van der Waals surface area contributed by atoms with Crippen LogP contribution in [0.25, 0.3) is 0 Å². The highest BCUT2D eigenvalue weighted by Crippen LogP contribution is 2.33. The molecular formula is C16H22ClN3O4S. The van der Waals surface area contributed by atoms with Crippen molar-refractivity contribution < 1.29 is 18.0 Å². The number of nitrogens with one attached hydrogen (secondary N) is 2. The highest BCUT2D eigenvalue weighted by Gasteiger charge is 2.30. The van der Waals surface area contributed by atoms with Crippen LogP contribution in [0.4, 0.5) is 11.4 Å². The van der Waals surface area contributed by atoms with Crippen molar-refractivity contribution >= 4 is 44.8 Å². The number of rotatable bonds is 5. The Hall–Kier alpha value is -1.80. The molecule has 2 amide bonds. The summed E-state index contributed by atoms with van der Waals surface area (Å²) in [5, 5.41) is 5.28. The summed E-state index contributed by atoms with van der Waals surface area (Å²) in [5.41, 5.74) is 0.614. The van der Waals surface area contributed by atoms with Crippen LogP contribution in [0.5, 0.6) is 0 Å². The summed E-state index contributed by atoms with van der Waals surface area (Å²) in [6.07, 6.45) is 1.30. The van der Waals surface area contributed by atoms with Crippen molar-refractivity contribution in [3.63, 3.8) is 0 Å². The number of hydrogen-bond donors (Lipinski definition) is 2. The number of sulfonamides is 1. The topological polar surface area (TPSA) is 95.6 Å². The van der Waals surface area contributed by atoms with Crippen molar-refractivity contribution in [3.8, 4) is 0 Å². The first-order chi connectivity index (χ1) is 11.7. The molecule has 0 spiro atoms. The maximum Gasteiger partial charge on any atom is 0.313 e. The quantitative estimate of drug-likeness (QED) is 0.755. The molecule has 2 N–H and O–H groups in total. The van der Waals surface area contributed by atoms with Gasteiger partial charge in [0, 0.05) is 18.8 Å². The van der Waals surface area contributed by atoms with Gasteiger partial charge in [-0.05, 0) is 37.0 Å². The predicted molar refractivity (Wildman–Crippen MR) is 98.3 cm³/mol. The first-order valence-corrected chi connectivity index (χ1v) is 10.1. The molecule has 1 aliphatic heterocycles. The molecule has 0 unspecified atom stereocenters. The smallest absolute Gasteiger partial charge is 0.313 e. The van der Waals surface area contributed by atoms with Crippen LogP contribution in [0.1, 0.15) is 26.7 Å². The largest absolute Gasteiger partial charge is 0.348 e. The molecule has 1 saturated heterocycles. The van der Waals surface area contributed by atoms with Gasteiger partial charge in [-0.3, -0.25) is 13.9 Å².